The van der Waals surface area contributed by atoms with E-state index in [1.807, 2.05) is 13.1 Å². The molecule has 2 N–H and O–H groups in total. The lowest BCUT2D eigenvalue weighted by atomic mass is 9.96. The minimum atomic E-state index is 0. The van der Waals surface area contributed by atoms with E-state index in [1.165, 1.54) is 16.7 Å². The van der Waals surface area contributed by atoms with Crippen LogP contribution in [0.15, 0.2) is 6.20 Å². The summed E-state index contributed by atoms with van der Waals surface area (Å²) in [5.41, 5.74) is 4.88. The number of carbonyl (C=O) groups is 1. The van der Waals surface area contributed by atoms with E-state index in [0.717, 1.165) is 57.8 Å². The minimum absolute atomic E-state index is 0. The van der Waals surface area contributed by atoms with Gasteiger partial charge in [0.25, 0.3) is 0 Å². The standard InChI is InChI=1S/C18H29N5O.2ClH/c1-14-17(16-4-5-19-10-15(16)11-20-14)12-21-18(24)13-23-7-3-6-22(2)8-9-23;;/h11,19H,3-10,12-13H2,1-2H3,(H,21,24);2*1H. The molecule has 3 heterocycles. The Bertz CT molecular complexity index is 599. The van der Waals surface area contributed by atoms with Gasteiger partial charge in [-0.25, -0.2) is 0 Å². The summed E-state index contributed by atoms with van der Waals surface area (Å²) in [5, 5.41) is 6.49. The fraction of sp³-hybridized carbons (Fsp3) is 0.667. The zero-order chi connectivity index (χ0) is 16.9. The van der Waals surface area contributed by atoms with Crippen molar-refractivity contribution in [2.75, 3.05) is 46.3 Å². The lowest BCUT2D eigenvalue weighted by molar-refractivity contribution is -0.122. The van der Waals surface area contributed by atoms with Gasteiger partial charge in [-0.1, -0.05) is 0 Å². The van der Waals surface area contributed by atoms with E-state index in [-0.39, 0.29) is 30.7 Å². The average Bonchev–Trinajstić information content (AvgIpc) is 2.78. The van der Waals surface area contributed by atoms with Gasteiger partial charge in [-0.2, -0.15) is 0 Å². The van der Waals surface area contributed by atoms with E-state index in [4.69, 9.17) is 0 Å². The fourth-order valence-corrected chi connectivity index (χ4v) is 3.58. The van der Waals surface area contributed by atoms with Crippen LogP contribution in [0, 0.1) is 6.92 Å². The molecule has 0 spiro atoms. The molecule has 0 atom stereocenters. The monoisotopic (exact) mass is 403 g/mol. The highest BCUT2D eigenvalue weighted by molar-refractivity contribution is 5.85. The van der Waals surface area contributed by atoms with E-state index < -0.39 is 0 Å². The van der Waals surface area contributed by atoms with Gasteiger partial charge in [0.1, 0.15) is 0 Å². The third-order valence-corrected chi connectivity index (χ3v) is 5.11. The third-order valence-electron chi connectivity index (χ3n) is 5.11. The van der Waals surface area contributed by atoms with Crippen LogP contribution < -0.4 is 10.6 Å². The molecule has 8 heteroatoms. The number of amides is 1. The first-order chi connectivity index (χ1) is 11.6. The molecule has 1 fully saturated rings. The first kappa shape index (κ1) is 23.1. The molecule has 1 aromatic rings. The number of hydrogen-bond donors (Lipinski definition) is 2. The van der Waals surface area contributed by atoms with Crippen molar-refractivity contribution in [1.82, 2.24) is 25.4 Å². The first-order valence-electron chi connectivity index (χ1n) is 8.98. The molecule has 0 bridgehead atoms. The average molecular weight is 404 g/mol. The maximum Gasteiger partial charge on any atom is 0.234 e. The van der Waals surface area contributed by atoms with Gasteiger partial charge in [-0.05, 0) is 63.1 Å². The first-order valence-corrected chi connectivity index (χ1v) is 8.98. The van der Waals surface area contributed by atoms with Crippen LogP contribution in [0.2, 0.25) is 0 Å². The summed E-state index contributed by atoms with van der Waals surface area (Å²) in [6.45, 7) is 9.13. The summed E-state index contributed by atoms with van der Waals surface area (Å²) in [6, 6.07) is 0. The quantitative estimate of drug-likeness (QED) is 0.788. The van der Waals surface area contributed by atoms with Crippen molar-refractivity contribution < 1.29 is 4.79 Å². The molecule has 0 radical (unpaired) electrons. The highest BCUT2D eigenvalue weighted by Crippen LogP contribution is 2.20. The topological polar surface area (TPSA) is 60.5 Å². The summed E-state index contributed by atoms with van der Waals surface area (Å²) in [6.07, 6.45) is 4.12. The number of carbonyl (C=O) groups excluding carboxylic acids is 1. The number of nitrogens with one attached hydrogen (secondary N) is 2. The smallest absolute Gasteiger partial charge is 0.234 e. The number of aromatic nitrogens is 1. The Labute approximate surface area is 168 Å². The molecule has 0 saturated carbocycles. The van der Waals surface area contributed by atoms with Crippen LogP contribution in [-0.2, 0) is 24.3 Å². The Hall–Kier alpha value is -0.920. The molecule has 2 aliphatic heterocycles. The molecular weight excluding hydrogens is 373 g/mol. The Kier molecular flexibility index (Phi) is 9.82. The Balaban J connectivity index is 0.00000169. The van der Waals surface area contributed by atoms with Gasteiger partial charge < -0.3 is 15.5 Å². The second-order valence-corrected chi connectivity index (χ2v) is 6.96. The van der Waals surface area contributed by atoms with Gasteiger partial charge in [0, 0.05) is 38.1 Å². The predicted octanol–water partition coefficient (Wildman–Crippen LogP) is 1.13. The molecule has 2 aliphatic rings. The molecule has 0 unspecified atom stereocenters. The largest absolute Gasteiger partial charge is 0.351 e. The number of hydrogen-bond acceptors (Lipinski definition) is 5. The van der Waals surface area contributed by atoms with Crippen molar-refractivity contribution in [3.8, 4) is 0 Å². The summed E-state index contributed by atoms with van der Waals surface area (Å²) >= 11 is 0. The zero-order valence-electron chi connectivity index (χ0n) is 15.7. The van der Waals surface area contributed by atoms with E-state index in [0.29, 0.717) is 13.1 Å². The molecule has 148 valence electrons. The van der Waals surface area contributed by atoms with Crippen molar-refractivity contribution in [3.63, 3.8) is 0 Å². The molecule has 1 aromatic heterocycles. The van der Waals surface area contributed by atoms with Gasteiger partial charge in [-0.15, -0.1) is 24.8 Å². The molecule has 1 saturated heterocycles. The van der Waals surface area contributed by atoms with Crippen molar-refractivity contribution in [3.05, 3.63) is 28.6 Å². The fourth-order valence-electron chi connectivity index (χ4n) is 3.58. The number of pyridine rings is 1. The number of likely N-dealkylation sites (N-methyl/N-ethyl adjacent to an activating group) is 1. The van der Waals surface area contributed by atoms with Crippen LogP contribution in [0.25, 0.3) is 0 Å². The van der Waals surface area contributed by atoms with E-state index in [1.54, 1.807) is 0 Å². The summed E-state index contributed by atoms with van der Waals surface area (Å²) in [4.78, 5) is 21.4. The van der Waals surface area contributed by atoms with Gasteiger partial charge in [0.05, 0.1) is 6.54 Å². The second kappa shape index (κ2) is 11.0. The highest BCUT2D eigenvalue weighted by atomic mass is 35.5. The van der Waals surface area contributed by atoms with Gasteiger partial charge in [0.15, 0.2) is 0 Å². The molecule has 3 rings (SSSR count). The second-order valence-electron chi connectivity index (χ2n) is 6.96. The van der Waals surface area contributed by atoms with Gasteiger partial charge in [-0.3, -0.25) is 14.7 Å². The van der Waals surface area contributed by atoms with Crippen molar-refractivity contribution in [1.29, 1.82) is 0 Å². The van der Waals surface area contributed by atoms with Crippen LogP contribution >= 0.6 is 24.8 Å². The molecule has 0 aliphatic carbocycles. The Morgan fingerprint density at radius 1 is 1.27 bits per heavy atom. The number of fused-ring (bicyclic) bond motifs is 1. The molecule has 0 aromatic carbocycles. The van der Waals surface area contributed by atoms with Crippen molar-refractivity contribution in [2.45, 2.75) is 32.9 Å². The third kappa shape index (κ3) is 6.06. The number of rotatable bonds is 4. The van der Waals surface area contributed by atoms with Gasteiger partial charge >= 0.3 is 0 Å². The van der Waals surface area contributed by atoms with E-state index in [2.05, 4.69) is 32.5 Å². The maximum absolute atomic E-state index is 12.4. The molecule has 26 heavy (non-hydrogen) atoms. The minimum Gasteiger partial charge on any atom is -0.351 e. The number of halogens is 2. The maximum atomic E-state index is 12.4. The van der Waals surface area contributed by atoms with Crippen LogP contribution in [0.5, 0.6) is 0 Å². The van der Waals surface area contributed by atoms with E-state index in [9.17, 15) is 4.79 Å². The lowest BCUT2D eigenvalue weighted by Gasteiger charge is -2.22. The number of nitrogens with zero attached hydrogens (tertiary/aromatic N) is 3. The van der Waals surface area contributed by atoms with Crippen LogP contribution in [0.1, 0.15) is 28.8 Å². The summed E-state index contributed by atoms with van der Waals surface area (Å²) < 4.78 is 0. The van der Waals surface area contributed by atoms with Crippen LogP contribution in [-0.4, -0.2) is 67.0 Å². The van der Waals surface area contributed by atoms with Crippen LogP contribution in [0.3, 0.4) is 0 Å². The Morgan fingerprint density at radius 2 is 2.08 bits per heavy atom. The van der Waals surface area contributed by atoms with E-state index >= 15 is 0 Å². The normalized spacial score (nSPS) is 18.1. The number of aryl methyl sites for hydroxylation is 1. The van der Waals surface area contributed by atoms with Crippen molar-refractivity contribution >= 4 is 30.7 Å². The lowest BCUT2D eigenvalue weighted by Crippen LogP contribution is -2.39. The van der Waals surface area contributed by atoms with Crippen molar-refractivity contribution in [2.24, 2.45) is 0 Å². The highest BCUT2D eigenvalue weighted by Gasteiger charge is 2.18. The summed E-state index contributed by atoms with van der Waals surface area (Å²) in [5.74, 6) is 0.116. The zero-order valence-corrected chi connectivity index (χ0v) is 17.3. The van der Waals surface area contributed by atoms with Crippen LogP contribution in [0.4, 0.5) is 0 Å². The Morgan fingerprint density at radius 3 is 2.88 bits per heavy atom. The summed E-state index contributed by atoms with van der Waals surface area (Å²) in [7, 11) is 2.15. The predicted molar refractivity (Wildman–Crippen MR) is 109 cm³/mol. The SMILES string of the molecule is Cc1ncc2c(c1CNC(=O)CN1CCCN(C)CC1)CCNC2.Cl.Cl. The molecule has 1 amide bonds. The molecule has 6 nitrogen and oxygen atoms in total. The molecular formula is C18H31Cl2N5O. The van der Waals surface area contributed by atoms with Gasteiger partial charge in [0.2, 0.25) is 5.91 Å².